The summed E-state index contributed by atoms with van der Waals surface area (Å²) in [5, 5.41) is 8.36. The zero-order valence-electron chi connectivity index (χ0n) is 17.1. The summed E-state index contributed by atoms with van der Waals surface area (Å²) >= 11 is 1.59. The molecule has 0 aliphatic rings. The Morgan fingerprint density at radius 2 is 1.90 bits per heavy atom. The summed E-state index contributed by atoms with van der Waals surface area (Å²) in [6.07, 6.45) is 0.611. The van der Waals surface area contributed by atoms with E-state index in [1.54, 1.807) is 30.0 Å². The molecule has 1 heterocycles. The van der Waals surface area contributed by atoms with Gasteiger partial charge in [-0.05, 0) is 48.9 Å². The first kappa shape index (κ1) is 21.8. The van der Waals surface area contributed by atoms with Crippen LogP contribution in [0.1, 0.15) is 19.4 Å². The Labute approximate surface area is 179 Å². The number of aromatic nitrogens is 3. The molecule has 0 saturated heterocycles. The molecule has 0 aliphatic heterocycles. The van der Waals surface area contributed by atoms with Crippen LogP contribution in [0, 0.1) is 0 Å². The molecule has 1 atom stereocenters. The van der Waals surface area contributed by atoms with Crippen molar-refractivity contribution in [2.45, 2.75) is 32.1 Å². The summed E-state index contributed by atoms with van der Waals surface area (Å²) in [7, 11) is 0. The average Bonchev–Trinajstić information content (AvgIpc) is 2.76. The van der Waals surface area contributed by atoms with Crippen LogP contribution in [0.2, 0.25) is 0 Å². The summed E-state index contributed by atoms with van der Waals surface area (Å²) in [6.45, 7) is 4.82. The molecule has 7 nitrogen and oxygen atoms in total. The summed E-state index contributed by atoms with van der Waals surface area (Å²) in [6, 6.07) is 14.7. The van der Waals surface area contributed by atoms with Crippen molar-refractivity contribution < 1.29 is 14.3 Å². The lowest BCUT2D eigenvalue weighted by Gasteiger charge is -2.15. The van der Waals surface area contributed by atoms with Gasteiger partial charge in [0.1, 0.15) is 23.1 Å². The average molecular weight is 428 g/mol. The minimum Gasteiger partial charge on any atom is -0.492 e. The summed E-state index contributed by atoms with van der Waals surface area (Å²) in [5.41, 5.74) is 1.44. The van der Waals surface area contributed by atoms with Gasteiger partial charge in [-0.3, -0.25) is 9.59 Å². The van der Waals surface area contributed by atoms with Crippen molar-refractivity contribution in [2.24, 2.45) is 0 Å². The van der Waals surface area contributed by atoms with E-state index < -0.39 is 0 Å². The Kier molecular flexibility index (Phi) is 7.84. The second kappa shape index (κ2) is 10.8. The maximum absolute atomic E-state index is 12.4. The number of ether oxygens (including phenoxy) is 2. The van der Waals surface area contributed by atoms with Gasteiger partial charge >= 0.3 is 5.97 Å². The SMILES string of the molecule is CCOC(=O)C(Cc1ccc(OCCn2nnc3ccccc3c2=O)cc1)SCC. The molecule has 158 valence electrons. The number of esters is 1. The predicted molar refractivity (Wildman–Crippen MR) is 118 cm³/mol. The van der Waals surface area contributed by atoms with Crippen LogP contribution in [0.25, 0.3) is 10.9 Å². The molecule has 1 unspecified atom stereocenters. The van der Waals surface area contributed by atoms with Crippen LogP contribution < -0.4 is 10.3 Å². The fourth-order valence-corrected chi connectivity index (χ4v) is 3.92. The Morgan fingerprint density at radius 3 is 2.63 bits per heavy atom. The smallest absolute Gasteiger partial charge is 0.319 e. The summed E-state index contributed by atoms with van der Waals surface area (Å²) in [4.78, 5) is 24.5. The zero-order chi connectivity index (χ0) is 21.3. The molecule has 0 radical (unpaired) electrons. The van der Waals surface area contributed by atoms with Crippen molar-refractivity contribution in [1.29, 1.82) is 0 Å². The lowest BCUT2D eigenvalue weighted by molar-refractivity contribution is -0.142. The van der Waals surface area contributed by atoms with Crippen LogP contribution in [0.3, 0.4) is 0 Å². The monoisotopic (exact) mass is 427 g/mol. The summed E-state index contributed by atoms with van der Waals surface area (Å²) in [5.74, 6) is 1.37. The van der Waals surface area contributed by atoms with Gasteiger partial charge in [0.25, 0.3) is 5.56 Å². The Balaban J connectivity index is 1.56. The predicted octanol–water partition coefficient (Wildman–Crippen LogP) is 3.10. The molecule has 3 rings (SSSR count). The van der Waals surface area contributed by atoms with Gasteiger partial charge in [-0.1, -0.05) is 36.4 Å². The standard InChI is InChI=1S/C22H25N3O4S/c1-3-28-22(27)20(30-4-2)15-16-9-11-17(12-10-16)29-14-13-25-21(26)18-7-5-6-8-19(18)23-24-25/h5-12,20H,3-4,13-15H2,1-2H3. The molecule has 8 heteroatoms. The highest BCUT2D eigenvalue weighted by atomic mass is 32.2. The van der Waals surface area contributed by atoms with E-state index in [4.69, 9.17) is 9.47 Å². The molecule has 0 fully saturated rings. The molecule has 2 aromatic carbocycles. The lowest BCUT2D eigenvalue weighted by Crippen LogP contribution is -2.26. The lowest BCUT2D eigenvalue weighted by atomic mass is 10.1. The van der Waals surface area contributed by atoms with Gasteiger partial charge in [-0.2, -0.15) is 0 Å². The van der Waals surface area contributed by atoms with Gasteiger partial charge in [-0.15, -0.1) is 16.9 Å². The number of fused-ring (bicyclic) bond motifs is 1. The maximum Gasteiger partial charge on any atom is 0.319 e. The first-order valence-corrected chi connectivity index (χ1v) is 11.0. The highest BCUT2D eigenvalue weighted by Gasteiger charge is 2.20. The number of carbonyl (C=O) groups excluding carboxylic acids is 1. The number of nitrogens with zero attached hydrogens (tertiary/aromatic N) is 3. The molecule has 0 bridgehead atoms. The van der Waals surface area contributed by atoms with Crippen molar-refractivity contribution in [1.82, 2.24) is 15.0 Å². The molecule has 0 aliphatic carbocycles. The Bertz CT molecular complexity index is 1040. The number of thioether (sulfide) groups is 1. The first-order chi connectivity index (χ1) is 14.6. The van der Waals surface area contributed by atoms with Gasteiger partial charge in [0.15, 0.2) is 0 Å². The van der Waals surface area contributed by atoms with Crippen molar-refractivity contribution >= 4 is 28.6 Å². The largest absolute Gasteiger partial charge is 0.492 e. The van der Waals surface area contributed by atoms with E-state index in [9.17, 15) is 9.59 Å². The Hall–Kier alpha value is -2.87. The quantitative estimate of drug-likeness (QED) is 0.460. The van der Waals surface area contributed by atoms with Crippen LogP contribution in [0.4, 0.5) is 0 Å². The highest BCUT2D eigenvalue weighted by Crippen LogP contribution is 2.20. The van der Waals surface area contributed by atoms with Crippen LogP contribution in [0.15, 0.2) is 53.3 Å². The number of carbonyl (C=O) groups is 1. The van der Waals surface area contributed by atoms with Crippen molar-refractivity contribution in [3.8, 4) is 5.75 Å². The van der Waals surface area contributed by atoms with Gasteiger partial charge in [0.05, 0.1) is 18.5 Å². The maximum atomic E-state index is 12.4. The molecule has 0 spiro atoms. The third-order valence-corrected chi connectivity index (χ3v) is 5.56. The first-order valence-electron chi connectivity index (χ1n) is 9.95. The topological polar surface area (TPSA) is 83.3 Å². The van der Waals surface area contributed by atoms with E-state index in [1.807, 2.05) is 44.2 Å². The highest BCUT2D eigenvalue weighted by molar-refractivity contribution is 8.00. The zero-order valence-corrected chi connectivity index (χ0v) is 17.9. The molecule has 1 aromatic heterocycles. The number of hydrogen-bond donors (Lipinski definition) is 0. The number of benzene rings is 2. The van der Waals surface area contributed by atoms with Crippen molar-refractivity contribution in [2.75, 3.05) is 19.0 Å². The normalized spacial score (nSPS) is 11.9. The van der Waals surface area contributed by atoms with E-state index in [-0.39, 0.29) is 16.8 Å². The fourth-order valence-electron chi connectivity index (χ4n) is 3.00. The van der Waals surface area contributed by atoms with Crippen LogP contribution in [-0.2, 0) is 22.5 Å². The van der Waals surface area contributed by atoms with Crippen LogP contribution in [-0.4, -0.2) is 45.2 Å². The summed E-state index contributed by atoms with van der Waals surface area (Å²) < 4.78 is 12.2. The molecule has 0 amide bonds. The van der Waals surface area contributed by atoms with Crippen molar-refractivity contribution in [3.05, 3.63) is 64.4 Å². The van der Waals surface area contributed by atoms with Gasteiger partial charge in [-0.25, -0.2) is 4.68 Å². The Morgan fingerprint density at radius 1 is 1.13 bits per heavy atom. The minimum absolute atomic E-state index is 0.174. The van der Waals surface area contributed by atoms with Crippen molar-refractivity contribution in [3.63, 3.8) is 0 Å². The van der Waals surface area contributed by atoms with Gasteiger partial charge in [0, 0.05) is 0 Å². The second-order valence-electron chi connectivity index (χ2n) is 6.53. The molecule has 0 saturated carbocycles. The second-order valence-corrected chi connectivity index (χ2v) is 8.01. The molecule has 0 N–H and O–H groups in total. The van der Waals surface area contributed by atoms with Gasteiger partial charge < -0.3 is 9.47 Å². The number of rotatable bonds is 10. The van der Waals surface area contributed by atoms with E-state index in [1.165, 1.54) is 4.68 Å². The number of hydrogen-bond acceptors (Lipinski definition) is 7. The van der Waals surface area contributed by atoms with Gasteiger partial charge in [0.2, 0.25) is 0 Å². The molecular formula is C22H25N3O4S. The van der Waals surface area contributed by atoms with E-state index in [0.717, 1.165) is 11.3 Å². The van der Waals surface area contributed by atoms with E-state index in [2.05, 4.69) is 10.3 Å². The van der Waals surface area contributed by atoms with Crippen LogP contribution >= 0.6 is 11.8 Å². The molecule has 3 aromatic rings. The van der Waals surface area contributed by atoms with E-state index >= 15 is 0 Å². The third-order valence-electron chi connectivity index (χ3n) is 4.46. The molecule has 30 heavy (non-hydrogen) atoms. The fraction of sp³-hybridized carbons (Fsp3) is 0.364. The van der Waals surface area contributed by atoms with E-state index in [0.29, 0.717) is 42.8 Å². The third kappa shape index (κ3) is 5.60. The van der Waals surface area contributed by atoms with Crippen LogP contribution in [0.5, 0.6) is 5.75 Å². The minimum atomic E-state index is -0.208. The molecular weight excluding hydrogens is 402 g/mol.